The van der Waals surface area contributed by atoms with Crippen molar-refractivity contribution < 1.29 is 19.0 Å². The predicted molar refractivity (Wildman–Crippen MR) is 114 cm³/mol. The third-order valence-corrected chi connectivity index (χ3v) is 4.97. The van der Waals surface area contributed by atoms with Crippen molar-refractivity contribution in [3.63, 3.8) is 0 Å². The van der Waals surface area contributed by atoms with Gasteiger partial charge in [-0.1, -0.05) is 54.6 Å². The molecule has 4 nitrogen and oxygen atoms in total. The Morgan fingerprint density at radius 3 is 2.62 bits per heavy atom. The molecule has 0 N–H and O–H groups in total. The molecule has 4 heteroatoms. The molecular weight excluding hydrogens is 364 g/mol. The predicted octanol–water partition coefficient (Wildman–Crippen LogP) is 5.43. The molecular formula is C25H30O4. The molecule has 1 unspecified atom stereocenters. The fourth-order valence-corrected chi connectivity index (χ4v) is 3.43. The van der Waals surface area contributed by atoms with Crippen LogP contribution in [0.1, 0.15) is 49.7 Å². The fourth-order valence-electron chi connectivity index (χ4n) is 3.43. The highest BCUT2D eigenvalue weighted by atomic mass is 16.7. The second kappa shape index (κ2) is 11.4. The monoisotopic (exact) mass is 394 g/mol. The molecule has 0 aromatic heterocycles. The number of carbonyl (C=O) groups excluding carboxylic acids is 1. The third-order valence-electron chi connectivity index (χ3n) is 4.97. The highest BCUT2D eigenvalue weighted by Gasteiger charge is 2.17. The molecule has 1 heterocycles. The number of ether oxygens (including phenoxy) is 3. The second-order valence-electron chi connectivity index (χ2n) is 7.22. The summed E-state index contributed by atoms with van der Waals surface area (Å²) < 4.78 is 16.7. The first-order chi connectivity index (χ1) is 14.2. The van der Waals surface area contributed by atoms with E-state index >= 15 is 0 Å². The van der Waals surface area contributed by atoms with Crippen LogP contribution in [0, 0.1) is 0 Å². The lowest BCUT2D eigenvalue weighted by Crippen LogP contribution is -2.24. The highest BCUT2D eigenvalue weighted by Crippen LogP contribution is 2.26. The van der Waals surface area contributed by atoms with Crippen molar-refractivity contribution in [3.05, 3.63) is 77.9 Å². The van der Waals surface area contributed by atoms with Crippen LogP contribution in [0.4, 0.5) is 0 Å². The minimum atomic E-state index is -0.183. The summed E-state index contributed by atoms with van der Waals surface area (Å²) in [5, 5.41) is 0. The van der Waals surface area contributed by atoms with Gasteiger partial charge in [-0.3, -0.25) is 4.79 Å². The Kier molecular flexibility index (Phi) is 8.32. The molecule has 0 radical (unpaired) electrons. The van der Waals surface area contributed by atoms with E-state index in [4.69, 9.17) is 14.2 Å². The molecule has 2 aromatic rings. The summed E-state index contributed by atoms with van der Waals surface area (Å²) in [6.45, 7) is 2.99. The number of allylic oxidation sites excluding steroid dienone is 2. The van der Waals surface area contributed by atoms with Crippen molar-refractivity contribution in [1.29, 1.82) is 0 Å². The Bertz CT molecular complexity index is 761. The van der Waals surface area contributed by atoms with Crippen LogP contribution in [0.2, 0.25) is 0 Å². The van der Waals surface area contributed by atoms with Crippen LogP contribution in [-0.2, 0) is 20.7 Å². The zero-order valence-corrected chi connectivity index (χ0v) is 17.1. The van der Waals surface area contributed by atoms with Gasteiger partial charge in [-0.25, -0.2) is 0 Å². The van der Waals surface area contributed by atoms with Gasteiger partial charge in [-0.05, 0) is 49.4 Å². The zero-order chi connectivity index (χ0) is 20.3. The summed E-state index contributed by atoms with van der Waals surface area (Å²) in [4.78, 5) is 12.1. The van der Waals surface area contributed by atoms with Gasteiger partial charge in [-0.2, -0.15) is 0 Å². The Hall–Kier alpha value is -2.59. The van der Waals surface area contributed by atoms with E-state index in [-0.39, 0.29) is 18.2 Å². The smallest absolute Gasteiger partial charge is 0.306 e. The lowest BCUT2D eigenvalue weighted by Gasteiger charge is -2.23. The minimum Gasteiger partial charge on any atom is -0.466 e. The van der Waals surface area contributed by atoms with Crippen LogP contribution in [-0.4, -0.2) is 25.5 Å². The van der Waals surface area contributed by atoms with Gasteiger partial charge in [0, 0.05) is 12.3 Å². The van der Waals surface area contributed by atoms with E-state index in [0.29, 0.717) is 13.0 Å². The van der Waals surface area contributed by atoms with Crippen LogP contribution < -0.4 is 4.74 Å². The maximum absolute atomic E-state index is 12.1. The molecule has 1 saturated heterocycles. The molecule has 1 aliphatic heterocycles. The van der Waals surface area contributed by atoms with Crippen molar-refractivity contribution in [2.75, 3.05) is 13.2 Å². The van der Waals surface area contributed by atoms with Crippen LogP contribution in [0.3, 0.4) is 0 Å². The van der Waals surface area contributed by atoms with Gasteiger partial charge in [0.2, 0.25) is 0 Å². The van der Waals surface area contributed by atoms with Crippen molar-refractivity contribution in [2.24, 2.45) is 0 Å². The number of esters is 1. The van der Waals surface area contributed by atoms with Crippen molar-refractivity contribution in [1.82, 2.24) is 0 Å². The van der Waals surface area contributed by atoms with E-state index in [1.54, 1.807) is 0 Å². The molecule has 29 heavy (non-hydrogen) atoms. The lowest BCUT2D eigenvalue weighted by atomic mass is 9.94. The average molecular weight is 395 g/mol. The maximum atomic E-state index is 12.1. The molecule has 0 spiro atoms. The fraction of sp³-hybridized carbons (Fsp3) is 0.400. The van der Waals surface area contributed by atoms with Gasteiger partial charge in [0.05, 0.1) is 19.6 Å². The summed E-state index contributed by atoms with van der Waals surface area (Å²) >= 11 is 0. The summed E-state index contributed by atoms with van der Waals surface area (Å²) in [5.74, 6) is 0.583. The average Bonchev–Trinajstić information content (AvgIpc) is 2.75. The van der Waals surface area contributed by atoms with E-state index in [9.17, 15) is 4.79 Å². The van der Waals surface area contributed by atoms with E-state index in [1.807, 2.05) is 49.4 Å². The topological polar surface area (TPSA) is 44.8 Å². The quantitative estimate of drug-likeness (QED) is 0.420. The van der Waals surface area contributed by atoms with Crippen molar-refractivity contribution in [3.8, 4) is 5.75 Å². The summed E-state index contributed by atoms with van der Waals surface area (Å²) in [5.41, 5.74) is 2.31. The van der Waals surface area contributed by atoms with Crippen LogP contribution in [0.15, 0.2) is 66.7 Å². The van der Waals surface area contributed by atoms with Gasteiger partial charge in [0.15, 0.2) is 6.29 Å². The van der Waals surface area contributed by atoms with Gasteiger partial charge in [0.25, 0.3) is 0 Å². The number of rotatable bonds is 9. The molecule has 0 amide bonds. The van der Waals surface area contributed by atoms with Gasteiger partial charge >= 0.3 is 5.97 Å². The molecule has 0 saturated carbocycles. The normalized spacial score (nSPS) is 17.8. The molecule has 154 valence electrons. The maximum Gasteiger partial charge on any atom is 0.306 e. The standard InChI is InChI=1S/C25H30O4/c1-2-27-24(26)19-22(12-8-11-20-9-4-3-5-10-20)21-14-16-23(17-15-21)29-25-13-6-7-18-28-25/h3-5,8-10,12,14-17,22,25H,2,6-7,11,13,18-19H2,1H3/t22-,25?/m0/s1. The molecule has 2 aromatic carbocycles. The van der Waals surface area contributed by atoms with E-state index < -0.39 is 0 Å². The molecule has 2 atom stereocenters. The largest absolute Gasteiger partial charge is 0.466 e. The number of benzene rings is 2. The van der Waals surface area contributed by atoms with E-state index in [2.05, 4.69) is 24.3 Å². The first kappa shape index (κ1) is 21.1. The van der Waals surface area contributed by atoms with Crippen LogP contribution >= 0.6 is 0 Å². The first-order valence-electron chi connectivity index (χ1n) is 10.5. The van der Waals surface area contributed by atoms with Crippen LogP contribution in [0.25, 0.3) is 0 Å². The second-order valence-corrected chi connectivity index (χ2v) is 7.22. The zero-order valence-electron chi connectivity index (χ0n) is 17.1. The molecule has 1 fully saturated rings. The highest BCUT2D eigenvalue weighted by molar-refractivity contribution is 5.71. The van der Waals surface area contributed by atoms with E-state index in [0.717, 1.165) is 43.6 Å². The molecule has 0 bridgehead atoms. The van der Waals surface area contributed by atoms with Crippen molar-refractivity contribution in [2.45, 2.75) is 51.2 Å². The van der Waals surface area contributed by atoms with E-state index in [1.165, 1.54) is 5.56 Å². The minimum absolute atomic E-state index is 0.0299. The van der Waals surface area contributed by atoms with Gasteiger partial charge in [-0.15, -0.1) is 0 Å². The SMILES string of the molecule is CCOC(=O)C[C@H](C=CCc1ccccc1)c1ccc(OC2CCCCO2)cc1. The van der Waals surface area contributed by atoms with Crippen LogP contribution in [0.5, 0.6) is 5.75 Å². The summed E-state index contributed by atoms with van der Waals surface area (Å²) in [6, 6.07) is 18.2. The molecule has 0 aliphatic carbocycles. The van der Waals surface area contributed by atoms with Crippen molar-refractivity contribution >= 4 is 5.97 Å². The Morgan fingerprint density at radius 2 is 1.93 bits per heavy atom. The first-order valence-corrected chi connectivity index (χ1v) is 10.5. The van der Waals surface area contributed by atoms with Gasteiger partial charge in [0.1, 0.15) is 5.75 Å². The molecule has 3 rings (SSSR count). The summed E-state index contributed by atoms with van der Waals surface area (Å²) in [7, 11) is 0. The summed E-state index contributed by atoms with van der Waals surface area (Å²) in [6.07, 6.45) is 8.39. The number of carbonyl (C=O) groups is 1. The number of hydrogen-bond donors (Lipinski definition) is 0. The Balaban J connectivity index is 1.66. The number of hydrogen-bond acceptors (Lipinski definition) is 4. The lowest BCUT2D eigenvalue weighted by molar-refractivity contribution is -0.143. The Morgan fingerprint density at radius 1 is 1.14 bits per heavy atom. The van der Waals surface area contributed by atoms with Gasteiger partial charge < -0.3 is 14.2 Å². The Labute approximate surface area is 173 Å². The molecule has 1 aliphatic rings. The third kappa shape index (κ3) is 7.06.